The molecule has 1 unspecified atom stereocenters. The van der Waals surface area contributed by atoms with Gasteiger partial charge in [0.2, 0.25) is 0 Å². The van der Waals surface area contributed by atoms with Crippen LogP contribution in [0.3, 0.4) is 0 Å². The van der Waals surface area contributed by atoms with Crippen LogP contribution in [0.15, 0.2) is 77.7 Å². The first-order chi connectivity index (χ1) is 15.9. The maximum absolute atomic E-state index is 12.9. The number of hydrogen-bond donors (Lipinski definition) is 1. The highest BCUT2D eigenvalue weighted by Gasteiger charge is 2.29. The largest absolute Gasteiger partial charge is 0.454 e. The molecule has 0 saturated carbocycles. The molecule has 6 nitrogen and oxygen atoms in total. The van der Waals surface area contributed by atoms with Crippen molar-refractivity contribution >= 4 is 28.0 Å². The number of amides is 1. The molecule has 0 radical (unpaired) electrons. The number of carbonyl (C=O) groups is 2. The van der Waals surface area contributed by atoms with E-state index in [0.717, 1.165) is 16.7 Å². The molecule has 1 aliphatic carbocycles. The Balaban J connectivity index is 1.38. The Bertz CT molecular complexity index is 1390. The molecule has 1 amide bonds. The number of rotatable bonds is 4. The smallest absolute Gasteiger partial charge is 0.339 e. The molecule has 33 heavy (non-hydrogen) atoms. The third-order valence-corrected chi connectivity index (χ3v) is 7.46. The minimum Gasteiger partial charge on any atom is -0.454 e. The lowest BCUT2D eigenvalue weighted by molar-refractivity contribution is 0.0252. The fourth-order valence-corrected chi connectivity index (χ4v) is 5.40. The van der Waals surface area contributed by atoms with Crippen LogP contribution in [0.5, 0.6) is 0 Å². The van der Waals surface area contributed by atoms with Crippen LogP contribution >= 0.6 is 0 Å². The third-order valence-electron chi connectivity index (χ3n) is 6.00. The first-order valence-electron chi connectivity index (χ1n) is 10.7. The van der Waals surface area contributed by atoms with Gasteiger partial charge in [-0.2, -0.15) is 0 Å². The number of allylic oxidation sites excluding steroid dienone is 1. The standard InChI is InChI=1S/C26H21NO5S/c28-25(27-33(30,31)22-12-10-17-6-4-5-9-19(17)15-22)20-11-13-23-21(14-20)16-24(32-26(23)29)18-7-2-1-3-8-18/h1-9,11,13-15,24H,10,12,16H2,(H,27,28). The fraction of sp³-hybridized carbons (Fsp3) is 0.154. The highest BCUT2D eigenvalue weighted by atomic mass is 32.2. The number of fused-ring (bicyclic) bond motifs is 2. The third kappa shape index (κ3) is 4.19. The van der Waals surface area contributed by atoms with E-state index in [2.05, 4.69) is 4.72 Å². The quantitative estimate of drug-likeness (QED) is 0.591. The second-order valence-corrected chi connectivity index (χ2v) is 9.86. The lowest BCUT2D eigenvalue weighted by Gasteiger charge is -2.25. The predicted octanol–water partition coefficient (Wildman–Crippen LogP) is 4.19. The van der Waals surface area contributed by atoms with Crippen molar-refractivity contribution in [2.24, 2.45) is 0 Å². The van der Waals surface area contributed by atoms with Crippen LogP contribution < -0.4 is 4.72 Å². The number of esters is 1. The maximum atomic E-state index is 12.9. The molecule has 0 aromatic heterocycles. The van der Waals surface area contributed by atoms with Gasteiger partial charge in [0, 0.05) is 12.0 Å². The zero-order chi connectivity index (χ0) is 23.0. The van der Waals surface area contributed by atoms with E-state index in [4.69, 9.17) is 4.74 Å². The number of sulfonamides is 1. The summed E-state index contributed by atoms with van der Waals surface area (Å²) in [6.07, 6.45) is 2.48. The van der Waals surface area contributed by atoms with Gasteiger partial charge in [-0.05, 0) is 59.4 Å². The normalized spacial score (nSPS) is 17.3. The average molecular weight is 460 g/mol. The lowest BCUT2D eigenvalue weighted by atomic mass is 9.93. The summed E-state index contributed by atoms with van der Waals surface area (Å²) in [5.41, 5.74) is 3.99. The van der Waals surface area contributed by atoms with E-state index in [-0.39, 0.29) is 10.5 Å². The average Bonchev–Trinajstić information content (AvgIpc) is 2.83. The highest BCUT2D eigenvalue weighted by Crippen LogP contribution is 2.31. The topological polar surface area (TPSA) is 89.5 Å². The van der Waals surface area contributed by atoms with E-state index in [0.29, 0.717) is 30.4 Å². The van der Waals surface area contributed by atoms with Crippen molar-refractivity contribution in [2.45, 2.75) is 25.4 Å². The maximum Gasteiger partial charge on any atom is 0.339 e. The molecule has 1 N–H and O–H groups in total. The molecule has 166 valence electrons. The molecule has 0 bridgehead atoms. The first kappa shape index (κ1) is 21.2. The van der Waals surface area contributed by atoms with Crippen LogP contribution in [0.4, 0.5) is 0 Å². The number of aryl methyl sites for hydroxylation is 1. The SMILES string of the molecule is O=C(NS(=O)(=O)C1=Cc2ccccc2CC1)c1ccc2c(c1)CC(c1ccccc1)OC2=O. The summed E-state index contributed by atoms with van der Waals surface area (Å²) in [5.74, 6) is -1.19. The van der Waals surface area contributed by atoms with Crippen molar-refractivity contribution in [1.29, 1.82) is 0 Å². The van der Waals surface area contributed by atoms with E-state index < -0.39 is 28.0 Å². The van der Waals surface area contributed by atoms with Gasteiger partial charge in [-0.15, -0.1) is 0 Å². The predicted molar refractivity (Wildman–Crippen MR) is 124 cm³/mol. The molecule has 5 rings (SSSR count). The molecule has 3 aromatic carbocycles. The Morgan fingerprint density at radius 1 is 0.909 bits per heavy atom. The Kier molecular flexibility index (Phi) is 5.34. The summed E-state index contributed by atoms with van der Waals surface area (Å²) < 4.78 is 33.5. The van der Waals surface area contributed by atoms with Crippen molar-refractivity contribution in [1.82, 2.24) is 4.72 Å². The number of ether oxygens (including phenoxy) is 1. The van der Waals surface area contributed by atoms with Crippen LogP contribution in [0, 0.1) is 0 Å². The van der Waals surface area contributed by atoms with Crippen molar-refractivity contribution in [3.63, 3.8) is 0 Å². The zero-order valence-electron chi connectivity index (χ0n) is 17.7. The van der Waals surface area contributed by atoms with Crippen LogP contribution in [-0.2, 0) is 27.6 Å². The van der Waals surface area contributed by atoms with Gasteiger partial charge in [0.25, 0.3) is 15.9 Å². The molecule has 0 fully saturated rings. The molecular weight excluding hydrogens is 438 g/mol. The van der Waals surface area contributed by atoms with Gasteiger partial charge in [-0.25, -0.2) is 17.9 Å². The molecule has 7 heteroatoms. The lowest BCUT2D eigenvalue weighted by Crippen LogP contribution is -2.32. The Hall–Kier alpha value is -3.71. The Morgan fingerprint density at radius 2 is 1.67 bits per heavy atom. The number of hydrogen-bond acceptors (Lipinski definition) is 5. The van der Waals surface area contributed by atoms with E-state index in [1.54, 1.807) is 12.1 Å². The monoisotopic (exact) mass is 459 g/mol. The van der Waals surface area contributed by atoms with Gasteiger partial charge >= 0.3 is 5.97 Å². The minimum atomic E-state index is -3.99. The molecule has 1 heterocycles. The number of carbonyl (C=O) groups excluding carboxylic acids is 2. The summed E-state index contributed by atoms with van der Waals surface area (Å²) in [5, 5.41) is 0. The van der Waals surface area contributed by atoms with Gasteiger partial charge in [0.05, 0.1) is 10.5 Å². The van der Waals surface area contributed by atoms with Crippen LogP contribution in [0.25, 0.3) is 6.08 Å². The van der Waals surface area contributed by atoms with Crippen LogP contribution in [-0.4, -0.2) is 20.3 Å². The Labute approximate surface area is 192 Å². The number of nitrogens with one attached hydrogen (secondary N) is 1. The van der Waals surface area contributed by atoms with Crippen LogP contribution in [0.1, 0.15) is 55.5 Å². The summed E-state index contributed by atoms with van der Waals surface area (Å²) >= 11 is 0. The summed E-state index contributed by atoms with van der Waals surface area (Å²) in [7, 11) is -3.99. The zero-order valence-corrected chi connectivity index (χ0v) is 18.5. The highest BCUT2D eigenvalue weighted by molar-refractivity contribution is 7.94. The Morgan fingerprint density at radius 3 is 2.48 bits per heavy atom. The van der Waals surface area contributed by atoms with Crippen LogP contribution in [0.2, 0.25) is 0 Å². The fourth-order valence-electron chi connectivity index (χ4n) is 4.26. The van der Waals surface area contributed by atoms with Crippen molar-refractivity contribution in [3.8, 4) is 0 Å². The van der Waals surface area contributed by atoms with Crippen molar-refractivity contribution < 1.29 is 22.7 Å². The van der Waals surface area contributed by atoms with Gasteiger partial charge in [0.1, 0.15) is 6.10 Å². The van der Waals surface area contributed by atoms with E-state index in [1.165, 1.54) is 12.1 Å². The van der Waals surface area contributed by atoms with Gasteiger partial charge in [-0.1, -0.05) is 54.6 Å². The van der Waals surface area contributed by atoms with Crippen molar-refractivity contribution in [2.75, 3.05) is 0 Å². The molecule has 1 atom stereocenters. The van der Waals surface area contributed by atoms with E-state index in [9.17, 15) is 18.0 Å². The molecule has 3 aromatic rings. The number of cyclic esters (lactones) is 1. The number of benzene rings is 3. The van der Waals surface area contributed by atoms with E-state index in [1.807, 2.05) is 54.6 Å². The molecule has 1 aliphatic heterocycles. The van der Waals surface area contributed by atoms with Gasteiger partial charge < -0.3 is 4.74 Å². The minimum absolute atomic E-state index is 0.177. The molecule has 0 saturated heterocycles. The molecular formula is C26H21NO5S. The van der Waals surface area contributed by atoms with E-state index >= 15 is 0 Å². The summed E-state index contributed by atoms with van der Waals surface area (Å²) in [6, 6.07) is 21.5. The molecule has 2 aliphatic rings. The summed E-state index contributed by atoms with van der Waals surface area (Å²) in [6.45, 7) is 0. The summed E-state index contributed by atoms with van der Waals surface area (Å²) in [4.78, 5) is 25.5. The first-order valence-corrected chi connectivity index (χ1v) is 12.1. The molecule has 0 spiro atoms. The van der Waals surface area contributed by atoms with Gasteiger partial charge in [0.15, 0.2) is 0 Å². The second-order valence-electron chi connectivity index (χ2n) is 8.12. The van der Waals surface area contributed by atoms with Gasteiger partial charge in [-0.3, -0.25) is 4.79 Å². The van der Waals surface area contributed by atoms with Crippen molar-refractivity contribution in [3.05, 3.63) is 111 Å². The second kappa shape index (κ2) is 8.33.